The van der Waals surface area contributed by atoms with Crippen molar-refractivity contribution in [2.75, 3.05) is 23.9 Å². The van der Waals surface area contributed by atoms with Crippen molar-refractivity contribution < 1.29 is 13.2 Å². The van der Waals surface area contributed by atoms with E-state index in [1.54, 1.807) is 24.3 Å². The van der Waals surface area contributed by atoms with Gasteiger partial charge in [0.05, 0.1) is 10.6 Å². The van der Waals surface area contributed by atoms with Crippen LogP contribution in [0.1, 0.15) is 54.4 Å². The maximum atomic E-state index is 13.4. The topological polar surface area (TPSA) is 57.7 Å². The highest BCUT2D eigenvalue weighted by atomic mass is 32.2. The van der Waals surface area contributed by atoms with E-state index in [-0.39, 0.29) is 10.8 Å². The summed E-state index contributed by atoms with van der Waals surface area (Å²) in [5, 5.41) is 0. The fraction of sp³-hybridized carbons (Fsp3) is 0.435. The van der Waals surface area contributed by atoms with Gasteiger partial charge in [-0.2, -0.15) is 0 Å². The first-order valence-corrected chi connectivity index (χ1v) is 12.0. The number of benzene rings is 2. The van der Waals surface area contributed by atoms with Crippen molar-refractivity contribution in [3.8, 4) is 0 Å². The summed E-state index contributed by atoms with van der Waals surface area (Å²) < 4.78 is 28.3. The Hall–Kier alpha value is -2.34. The Balaban J connectivity index is 1.62. The molecule has 1 fully saturated rings. The maximum Gasteiger partial charge on any atom is 0.264 e. The average molecular weight is 413 g/mol. The molecule has 0 unspecified atom stereocenters. The lowest BCUT2D eigenvalue weighted by molar-refractivity contribution is 0.0742. The van der Waals surface area contributed by atoms with Gasteiger partial charge in [-0.25, -0.2) is 8.42 Å². The van der Waals surface area contributed by atoms with Gasteiger partial charge in [0, 0.05) is 25.2 Å². The molecule has 4 rings (SSSR count). The van der Waals surface area contributed by atoms with E-state index in [0.29, 0.717) is 12.1 Å². The van der Waals surface area contributed by atoms with Crippen molar-refractivity contribution in [2.24, 2.45) is 0 Å². The Morgan fingerprint density at radius 1 is 0.793 bits per heavy atom. The Bertz CT molecular complexity index is 979. The lowest BCUT2D eigenvalue weighted by Crippen LogP contribution is -2.36. The molecular formula is C23H28N2O3S. The molecule has 5 nitrogen and oxygen atoms in total. The first-order chi connectivity index (χ1) is 14.1. The average Bonchev–Trinajstić information content (AvgIpc) is 2.73. The molecule has 0 bridgehead atoms. The van der Waals surface area contributed by atoms with Gasteiger partial charge in [0.25, 0.3) is 15.9 Å². The van der Waals surface area contributed by atoms with E-state index >= 15 is 0 Å². The fourth-order valence-corrected chi connectivity index (χ4v) is 5.89. The summed E-state index contributed by atoms with van der Waals surface area (Å²) >= 11 is 0. The van der Waals surface area contributed by atoms with Crippen LogP contribution in [0, 0.1) is 0 Å². The zero-order valence-electron chi connectivity index (χ0n) is 16.7. The SMILES string of the molecule is O=C(c1cccc(S(=O)(=O)N2CCCc3ccccc32)c1)N1CCCCCCC1. The van der Waals surface area contributed by atoms with E-state index < -0.39 is 10.0 Å². The quantitative estimate of drug-likeness (QED) is 0.758. The minimum atomic E-state index is -3.71. The molecule has 2 aromatic carbocycles. The van der Waals surface area contributed by atoms with Crippen molar-refractivity contribution >= 4 is 21.6 Å². The number of fused-ring (bicyclic) bond motifs is 1. The first kappa shape index (κ1) is 20.0. The highest BCUT2D eigenvalue weighted by Crippen LogP contribution is 2.32. The molecule has 2 aliphatic rings. The number of carbonyl (C=O) groups is 1. The monoisotopic (exact) mass is 412 g/mol. The van der Waals surface area contributed by atoms with Crippen LogP contribution in [0.15, 0.2) is 53.4 Å². The Kier molecular flexibility index (Phi) is 5.90. The third kappa shape index (κ3) is 4.17. The molecule has 6 heteroatoms. The predicted octanol–water partition coefficient (Wildman–Crippen LogP) is 4.23. The molecule has 0 aliphatic carbocycles. The maximum absolute atomic E-state index is 13.4. The van der Waals surface area contributed by atoms with Crippen molar-refractivity contribution in [3.63, 3.8) is 0 Å². The van der Waals surface area contributed by atoms with Crippen molar-refractivity contribution in [2.45, 2.75) is 49.8 Å². The Morgan fingerprint density at radius 3 is 2.31 bits per heavy atom. The Morgan fingerprint density at radius 2 is 1.52 bits per heavy atom. The number of hydrogen-bond donors (Lipinski definition) is 0. The Labute approximate surface area is 173 Å². The van der Waals surface area contributed by atoms with Crippen LogP contribution in [0.2, 0.25) is 0 Å². The molecule has 29 heavy (non-hydrogen) atoms. The van der Waals surface area contributed by atoms with Crippen molar-refractivity contribution in [1.29, 1.82) is 0 Å². The third-order valence-corrected chi connectivity index (χ3v) is 7.69. The minimum absolute atomic E-state index is 0.0667. The number of para-hydroxylation sites is 1. The lowest BCUT2D eigenvalue weighted by Gasteiger charge is -2.30. The van der Waals surface area contributed by atoms with Gasteiger partial charge in [-0.1, -0.05) is 43.5 Å². The predicted molar refractivity (Wildman–Crippen MR) is 115 cm³/mol. The molecule has 0 saturated carbocycles. The summed E-state index contributed by atoms with van der Waals surface area (Å²) in [6.07, 6.45) is 7.22. The molecular weight excluding hydrogens is 384 g/mol. The van der Waals surface area contributed by atoms with Crippen LogP contribution < -0.4 is 4.31 Å². The first-order valence-electron chi connectivity index (χ1n) is 10.6. The fourth-order valence-electron chi connectivity index (χ4n) is 4.30. The number of sulfonamides is 1. The molecule has 2 aromatic rings. The number of rotatable bonds is 3. The van der Waals surface area contributed by atoms with Gasteiger partial charge in [0.1, 0.15) is 0 Å². The van der Waals surface area contributed by atoms with Gasteiger partial charge >= 0.3 is 0 Å². The summed E-state index contributed by atoms with van der Waals surface area (Å²) in [5.74, 6) is -0.0667. The molecule has 0 radical (unpaired) electrons. The normalized spacial score (nSPS) is 17.9. The lowest BCUT2D eigenvalue weighted by atomic mass is 10.0. The van der Waals surface area contributed by atoms with Crippen LogP contribution >= 0.6 is 0 Å². The largest absolute Gasteiger partial charge is 0.339 e. The van der Waals surface area contributed by atoms with Gasteiger partial charge < -0.3 is 4.90 Å². The molecule has 154 valence electrons. The molecule has 1 saturated heterocycles. The number of nitrogens with zero attached hydrogens (tertiary/aromatic N) is 2. The van der Waals surface area contributed by atoms with E-state index in [9.17, 15) is 13.2 Å². The van der Waals surface area contributed by atoms with Gasteiger partial charge in [0.2, 0.25) is 0 Å². The van der Waals surface area contributed by atoms with Crippen LogP contribution in [0.25, 0.3) is 0 Å². The van der Waals surface area contributed by atoms with E-state index in [1.807, 2.05) is 29.2 Å². The van der Waals surface area contributed by atoms with Gasteiger partial charge in [0.15, 0.2) is 0 Å². The second-order valence-electron chi connectivity index (χ2n) is 7.90. The van der Waals surface area contributed by atoms with Crippen LogP contribution in [-0.2, 0) is 16.4 Å². The van der Waals surface area contributed by atoms with E-state index in [0.717, 1.165) is 62.9 Å². The third-order valence-electron chi connectivity index (χ3n) is 5.88. The summed E-state index contributed by atoms with van der Waals surface area (Å²) in [6, 6.07) is 14.2. The highest BCUT2D eigenvalue weighted by molar-refractivity contribution is 7.92. The van der Waals surface area contributed by atoms with Crippen molar-refractivity contribution in [1.82, 2.24) is 4.90 Å². The van der Waals surface area contributed by atoms with E-state index in [1.165, 1.54) is 10.7 Å². The molecule has 0 N–H and O–H groups in total. The number of amides is 1. The zero-order valence-corrected chi connectivity index (χ0v) is 17.5. The molecule has 0 spiro atoms. The van der Waals surface area contributed by atoms with Crippen molar-refractivity contribution in [3.05, 3.63) is 59.7 Å². The number of aryl methyl sites for hydroxylation is 1. The standard InChI is InChI=1S/C23H28N2O3S/c26-23(24-15-6-2-1-3-7-16-24)20-11-8-13-21(18-20)29(27,28)25-17-9-12-19-10-4-5-14-22(19)25/h4-5,8,10-11,13-14,18H,1-3,6-7,9,12,15-17H2. The summed E-state index contributed by atoms with van der Waals surface area (Å²) in [7, 11) is -3.71. The van der Waals surface area contributed by atoms with Gasteiger partial charge in [-0.3, -0.25) is 9.10 Å². The van der Waals surface area contributed by atoms with Crippen LogP contribution in [0.4, 0.5) is 5.69 Å². The van der Waals surface area contributed by atoms with Crippen LogP contribution in [-0.4, -0.2) is 38.9 Å². The molecule has 2 aliphatic heterocycles. The number of anilines is 1. The molecule has 1 amide bonds. The van der Waals surface area contributed by atoms with Crippen LogP contribution in [0.3, 0.4) is 0 Å². The molecule has 0 aromatic heterocycles. The van der Waals surface area contributed by atoms with Gasteiger partial charge in [-0.15, -0.1) is 0 Å². The smallest absolute Gasteiger partial charge is 0.264 e. The second-order valence-corrected chi connectivity index (χ2v) is 9.76. The molecule has 0 atom stereocenters. The van der Waals surface area contributed by atoms with E-state index in [2.05, 4.69) is 0 Å². The molecule has 2 heterocycles. The summed E-state index contributed by atoms with van der Waals surface area (Å²) in [5.41, 5.74) is 2.26. The highest BCUT2D eigenvalue weighted by Gasteiger charge is 2.29. The summed E-state index contributed by atoms with van der Waals surface area (Å²) in [4.78, 5) is 15.1. The van der Waals surface area contributed by atoms with Gasteiger partial charge in [-0.05, 0) is 55.5 Å². The number of likely N-dealkylation sites (tertiary alicyclic amines) is 1. The van der Waals surface area contributed by atoms with Crippen LogP contribution in [0.5, 0.6) is 0 Å². The summed E-state index contributed by atoms with van der Waals surface area (Å²) in [6.45, 7) is 1.95. The zero-order chi connectivity index (χ0) is 20.3. The van der Waals surface area contributed by atoms with E-state index in [4.69, 9.17) is 0 Å². The number of hydrogen-bond acceptors (Lipinski definition) is 3. The second kappa shape index (κ2) is 8.57. The number of carbonyl (C=O) groups excluding carboxylic acids is 1. The minimum Gasteiger partial charge on any atom is -0.339 e.